The molecule has 0 saturated carbocycles. The van der Waals surface area contributed by atoms with Crippen LogP contribution in [-0.2, 0) is 22.7 Å². The largest absolute Gasteiger partial charge is 0.460 e. The molecule has 9 heteroatoms. The van der Waals surface area contributed by atoms with Crippen molar-refractivity contribution in [2.24, 2.45) is 0 Å². The van der Waals surface area contributed by atoms with Crippen molar-refractivity contribution in [3.8, 4) is 0 Å². The Bertz CT molecular complexity index is 932. The number of nitrogens with zero attached hydrogens (tertiary/aromatic N) is 2. The number of benzene rings is 2. The Kier molecular flexibility index (Phi) is 6.74. The van der Waals surface area contributed by atoms with Crippen LogP contribution in [0.5, 0.6) is 0 Å². The van der Waals surface area contributed by atoms with Gasteiger partial charge in [-0.1, -0.05) is 42.1 Å². The molecular formula is C19H16FN3O4S. The summed E-state index contributed by atoms with van der Waals surface area (Å²) in [6.07, 6.45) is 0. The van der Waals surface area contributed by atoms with Gasteiger partial charge in [-0.2, -0.15) is 0 Å². The minimum Gasteiger partial charge on any atom is -0.460 e. The summed E-state index contributed by atoms with van der Waals surface area (Å²) in [5, 5.41) is 10.4. The number of ether oxygens (including phenoxy) is 1. The zero-order valence-corrected chi connectivity index (χ0v) is 15.4. The molecule has 0 spiro atoms. The smallest absolute Gasteiger partial charge is 0.316 e. The van der Waals surface area contributed by atoms with Crippen LogP contribution in [0, 0.1) is 5.82 Å². The molecule has 144 valence electrons. The first-order chi connectivity index (χ1) is 13.6. The van der Waals surface area contributed by atoms with Gasteiger partial charge in [0.25, 0.3) is 11.1 Å². The lowest BCUT2D eigenvalue weighted by molar-refractivity contribution is -0.141. The molecule has 0 radical (unpaired) electrons. The van der Waals surface area contributed by atoms with Crippen LogP contribution in [0.4, 0.5) is 4.39 Å². The number of carbonyl (C=O) groups is 2. The van der Waals surface area contributed by atoms with Gasteiger partial charge in [0.2, 0.25) is 5.89 Å². The molecule has 1 N–H and O–H groups in total. The number of esters is 1. The van der Waals surface area contributed by atoms with Crippen molar-refractivity contribution in [3.63, 3.8) is 0 Å². The fraction of sp³-hybridized carbons (Fsp3) is 0.158. The van der Waals surface area contributed by atoms with Gasteiger partial charge in [0.05, 0.1) is 6.54 Å². The minimum atomic E-state index is -0.419. The number of aromatic nitrogens is 2. The maximum atomic E-state index is 12.9. The number of nitrogens with one attached hydrogen (secondary N) is 1. The minimum absolute atomic E-state index is 0.0161. The number of hydrogen-bond acceptors (Lipinski definition) is 7. The van der Waals surface area contributed by atoms with Crippen molar-refractivity contribution in [2.45, 2.75) is 18.4 Å². The second kappa shape index (κ2) is 9.65. The van der Waals surface area contributed by atoms with E-state index >= 15 is 0 Å². The molecule has 0 bridgehead atoms. The van der Waals surface area contributed by atoms with Crippen molar-refractivity contribution in [2.75, 3.05) is 5.75 Å². The van der Waals surface area contributed by atoms with Crippen LogP contribution in [0.15, 0.2) is 64.2 Å². The standard InChI is InChI=1S/C19H16FN3O4S/c20-15-8-6-14(7-9-15)18(25)21-10-16-22-23-19(27-16)28-12-17(24)26-11-13-4-2-1-3-5-13/h1-9H,10-12H2,(H,21,25). The summed E-state index contributed by atoms with van der Waals surface area (Å²) in [6, 6.07) is 14.5. The Morgan fingerprint density at radius 1 is 1.07 bits per heavy atom. The second-order valence-electron chi connectivity index (χ2n) is 5.59. The molecular weight excluding hydrogens is 385 g/mol. The quantitative estimate of drug-likeness (QED) is 0.458. The predicted octanol–water partition coefficient (Wildman–Crippen LogP) is 2.97. The predicted molar refractivity (Wildman–Crippen MR) is 98.8 cm³/mol. The van der Waals surface area contributed by atoms with Gasteiger partial charge >= 0.3 is 5.97 Å². The molecule has 3 rings (SSSR count). The third-order valence-electron chi connectivity index (χ3n) is 3.51. The van der Waals surface area contributed by atoms with Gasteiger partial charge < -0.3 is 14.5 Å². The van der Waals surface area contributed by atoms with Crippen LogP contribution in [0.3, 0.4) is 0 Å². The summed E-state index contributed by atoms with van der Waals surface area (Å²) in [5.74, 6) is -1.00. The third kappa shape index (κ3) is 5.92. The molecule has 28 heavy (non-hydrogen) atoms. The molecule has 0 aliphatic rings. The van der Waals surface area contributed by atoms with Crippen molar-refractivity contribution in [3.05, 3.63) is 77.4 Å². The highest BCUT2D eigenvalue weighted by Crippen LogP contribution is 2.16. The van der Waals surface area contributed by atoms with Gasteiger partial charge in [0.1, 0.15) is 18.2 Å². The molecule has 0 saturated heterocycles. The Balaban J connectivity index is 1.40. The zero-order chi connectivity index (χ0) is 19.8. The van der Waals surface area contributed by atoms with E-state index in [-0.39, 0.29) is 30.0 Å². The van der Waals surface area contributed by atoms with Gasteiger partial charge in [0, 0.05) is 5.56 Å². The van der Waals surface area contributed by atoms with Gasteiger partial charge in [-0.05, 0) is 29.8 Å². The SMILES string of the molecule is O=C(CSc1nnc(CNC(=O)c2ccc(F)cc2)o1)OCc1ccccc1. The molecule has 2 aromatic carbocycles. The molecule has 1 heterocycles. The van der Waals surface area contributed by atoms with Gasteiger partial charge in [-0.15, -0.1) is 10.2 Å². The van der Waals surface area contributed by atoms with Crippen molar-refractivity contribution in [1.82, 2.24) is 15.5 Å². The number of hydrogen-bond donors (Lipinski definition) is 1. The molecule has 0 fully saturated rings. The summed E-state index contributed by atoms with van der Waals surface area (Å²) in [7, 11) is 0. The van der Waals surface area contributed by atoms with E-state index in [1.165, 1.54) is 24.3 Å². The topological polar surface area (TPSA) is 94.3 Å². The second-order valence-corrected chi connectivity index (χ2v) is 6.51. The highest BCUT2D eigenvalue weighted by atomic mass is 32.2. The molecule has 0 aliphatic carbocycles. The average molecular weight is 401 g/mol. The normalized spacial score (nSPS) is 10.5. The lowest BCUT2D eigenvalue weighted by Crippen LogP contribution is -2.22. The first kappa shape index (κ1) is 19.6. The van der Waals surface area contributed by atoms with E-state index in [0.717, 1.165) is 17.3 Å². The van der Waals surface area contributed by atoms with Crippen molar-refractivity contribution >= 4 is 23.6 Å². The summed E-state index contributed by atoms with van der Waals surface area (Å²) in [4.78, 5) is 23.7. The molecule has 0 aliphatic heterocycles. The molecule has 0 unspecified atom stereocenters. The Morgan fingerprint density at radius 2 is 1.82 bits per heavy atom. The van der Waals surface area contributed by atoms with Crippen LogP contribution in [0.1, 0.15) is 21.8 Å². The Morgan fingerprint density at radius 3 is 2.57 bits per heavy atom. The zero-order valence-electron chi connectivity index (χ0n) is 14.6. The average Bonchev–Trinajstić information content (AvgIpc) is 3.18. The van der Waals surface area contributed by atoms with Crippen LogP contribution < -0.4 is 5.32 Å². The molecule has 7 nitrogen and oxygen atoms in total. The number of rotatable bonds is 8. The number of carbonyl (C=O) groups excluding carboxylic acids is 2. The lowest BCUT2D eigenvalue weighted by Gasteiger charge is -2.03. The maximum absolute atomic E-state index is 12.9. The van der Waals surface area contributed by atoms with Crippen LogP contribution in [-0.4, -0.2) is 27.8 Å². The first-order valence-electron chi connectivity index (χ1n) is 8.28. The van der Waals surface area contributed by atoms with E-state index in [1.54, 1.807) is 0 Å². The summed E-state index contributed by atoms with van der Waals surface area (Å²) < 4.78 is 23.4. The third-order valence-corrected chi connectivity index (χ3v) is 4.30. The van der Waals surface area contributed by atoms with Crippen molar-refractivity contribution in [1.29, 1.82) is 0 Å². The summed E-state index contributed by atoms with van der Waals surface area (Å²) >= 11 is 1.05. The molecule has 1 amide bonds. The molecule has 1 aromatic heterocycles. The van der Waals surface area contributed by atoms with E-state index in [9.17, 15) is 14.0 Å². The number of thioether (sulfide) groups is 1. The fourth-order valence-electron chi connectivity index (χ4n) is 2.13. The van der Waals surface area contributed by atoms with Crippen LogP contribution >= 0.6 is 11.8 Å². The van der Waals surface area contributed by atoms with Gasteiger partial charge in [-0.3, -0.25) is 9.59 Å². The lowest BCUT2D eigenvalue weighted by atomic mass is 10.2. The highest BCUT2D eigenvalue weighted by Gasteiger charge is 2.12. The maximum Gasteiger partial charge on any atom is 0.316 e. The van der Waals surface area contributed by atoms with E-state index < -0.39 is 17.7 Å². The number of amides is 1. The molecule has 0 atom stereocenters. The van der Waals surface area contributed by atoms with E-state index in [0.29, 0.717) is 5.56 Å². The van der Waals surface area contributed by atoms with Crippen LogP contribution in [0.25, 0.3) is 0 Å². The first-order valence-corrected chi connectivity index (χ1v) is 9.27. The summed E-state index contributed by atoms with van der Waals surface area (Å²) in [6.45, 7) is 0.215. The van der Waals surface area contributed by atoms with E-state index in [4.69, 9.17) is 9.15 Å². The Hall–Kier alpha value is -3.20. The van der Waals surface area contributed by atoms with E-state index in [1.807, 2.05) is 30.3 Å². The fourth-order valence-corrected chi connectivity index (χ4v) is 2.71. The molecule has 3 aromatic rings. The number of halogens is 1. The summed E-state index contributed by atoms with van der Waals surface area (Å²) in [5.41, 5.74) is 1.22. The highest BCUT2D eigenvalue weighted by molar-refractivity contribution is 7.99. The van der Waals surface area contributed by atoms with E-state index in [2.05, 4.69) is 15.5 Å². The van der Waals surface area contributed by atoms with Gasteiger partial charge in [-0.25, -0.2) is 4.39 Å². The van der Waals surface area contributed by atoms with Gasteiger partial charge in [0.15, 0.2) is 0 Å². The Labute approximate surface area is 164 Å². The van der Waals surface area contributed by atoms with Crippen molar-refractivity contribution < 1.29 is 23.1 Å². The monoisotopic (exact) mass is 401 g/mol. The van der Waals surface area contributed by atoms with Crippen LogP contribution in [0.2, 0.25) is 0 Å².